The molecule has 7 heteroatoms. The molecule has 124 valence electrons. The van der Waals surface area contributed by atoms with Crippen molar-refractivity contribution in [2.75, 3.05) is 0 Å². The fourth-order valence-corrected chi connectivity index (χ4v) is 2.53. The summed E-state index contributed by atoms with van der Waals surface area (Å²) in [4.78, 5) is 21.0. The number of aromatic nitrogens is 4. The first-order valence-electron chi connectivity index (χ1n) is 7.65. The van der Waals surface area contributed by atoms with Crippen molar-refractivity contribution in [1.82, 2.24) is 19.7 Å². The molecule has 0 unspecified atom stereocenters. The summed E-state index contributed by atoms with van der Waals surface area (Å²) in [5.74, 6) is 0.185. The van der Waals surface area contributed by atoms with Gasteiger partial charge in [-0.2, -0.15) is 4.98 Å². The number of benzene rings is 2. The fourth-order valence-electron chi connectivity index (χ4n) is 2.53. The van der Waals surface area contributed by atoms with E-state index >= 15 is 0 Å². The van der Waals surface area contributed by atoms with Crippen LogP contribution in [0.4, 0.5) is 4.39 Å². The monoisotopic (exact) mass is 336 g/mol. The first kappa shape index (κ1) is 15.2. The average Bonchev–Trinajstić information content (AvgIpc) is 3.09. The summed E-state index contributed by atoms with van der Waals surface area (Å²) in [6.07, 6.45) is 1.44. The van der Waals surface area contributed by atoms with Crippen molar-refractivity contribution in [3.05, 3.63) is 76.4 Å². The molecule has 0 atom stereocenters. The van der Waals surface area contributed by atoms with Gasteiger partial charge >= 0.3 is 0 Å². The zero-order chi connectivity index (χ0) is 17.4. The second-order valence-corrected chi connectivity index (χ2v) is 5.67. The number of hydrogen-bond donors (Lipinski definition) is 0. The predicted molar refractivity (Wildman–Crippen MR) is 89.5 cm³/mol. The van der Waals surface area contributed by atoms with Gasteiger partial charge in [0.1, 0.15) is 12.4 Å². The summed E-state index contributed by atoms with van der Waals surface area (Å²) in [6.45, 7) is 1.78. The minimum Gasteiger partial charge on any atom is -0.337 e. The summed E-state index contributed by atoms with van der Waals surface area (Å²) in [5, 5.41) is 4.38. The van der Waals surface area contributed by atoms with Crippen LogP contribution in [0.15, 0.2) is 58.1 Å². The lowest BCUT2D eigenvalue weighted by Gasteiger charge is -2.03. The van der Waals surface area contributed by atoms with Gasteiger partial charge in [0.05, 0.1) is 17.2 Å². The van der Waals surface area contributed by atoms with Crippen molar-refractivity contribution in [2.45, 2.75) is 13.5 Å². The lowest BCUT2D eigenvalue weighted by molar-refractivity contribution is 0.369. The quantitative estimate of drug-likeness (QED) is 0.575. The molecule has 0 aliphatic carbocycles. The molecule has 6 nitrogen and oxygen atoms in total. The van der Waals surface area contributed by atoms with Crippen molar-refractivity contribution < 1.29 is 8.91 Å². The minimum atomic E-state index is -0.334. The van der Waals surface area contributed by atoms with Crippen LogP contribution in [-0.4, -0.2) is 19.7 Å². The Kier molecular flexibility index (Phi) is 3.61. The Bertz CT molecular complexity index is 1130. The lowest BCUT2D eigenvalue weighted by Crippen LogP contribution is -2.21. The van der Waals surface area contributed by atoms with E-state index in [-0.39, 0.29) is 29.6 Å². The van der Waals surface area contributed by atoms with Gasteiger partial charge in [0.2, 0.25) is 11.7 Å². The molecule has 2 aromatic carbocycles. The van der Waals surface area contributed by atoms with Gasteiger partial charge in [-0.3, -0.25) is 9.36 Å². The van der Waals surface area contributed by atoms with Gasteiger partial charge in [-0.1, -0.05) is 29.4 Å². The molecule has 0 saturated heterocycles. The van der Waals surface area contributed by atoms with E-state index in [9.17, 15) is 9.18 Å². The Labute approximate surface area is 141 Å². The maximum Gasteiger partial charge on any atom is 0.261 e. The van der Waals surface area contributed by atoms with Gasteiger partial charge in [0.25, 0.3) is 5.56 Å². The van der Waals surface area contributed by atoms with E-state index in [2.05, 4.69) is 15.1 Å². The normalized spacial score (nSPS) is 11.1. The van der Waals surface area contributed by atoms with Gasteiger partial charge in [-0.15, -0.1) is 0 Å². The molecule has 0 saturated carbocycles. The molecule has 0 aliphatic heterocycles. The van der Waals surface area contributed by atoms with Crippen molar-refractivity contribution in [2.24, 2.45) is 0 Å². The van der Waals surface area contributed by atoms with Crippen molar-refractivity contribution in [3.8, 4) is 11.4 Å². The van der Waals surface area contributed by atoms with Gasteiger partial charge in [0, 0.05) is 5.56 Å². The Hall–Kier alpha value is -3.35. The minimum absolute atomic E-state index is 0.0952. The van der Waals surface area contributed by atoms with Crippen LogP contribution >= 0.6 is 0 Å². The summed E-state index contributed by atoms with van der Waals surface area (Å²) >= 11 is 0. The SMILES string of the molecule is Cc1ccc(-c2noc(Cn3cnc4ccccc4c3=O)n2)cc1F. The van der Waals surface area contributed by atoms with E-state index in [4.69, 9.17) is 4.52 Å². The molecule has 0 amide bonds. The van der Waals surface area contributed by atoms with Crippen molar-refractivity contribution >= 4 is 10.9 Å². The number of aryl methyl sites for hydroxylation is 1. The van der Waals surface area contributed by atoms with Crippen LogP contribution in [0.1, 0.15) is 11.5 Å². The largest absolute Gasteiger partial charge is 0.337 e. The van der Waals surface area contributed by atoms with E-state index < -0.39 is 0 Å². The molecule has 2 heterocycles. The van der Waals surface area contributed by atoms with E-state index in [1.54, 1.807) is 37.3 Å². The number of rotatable bonds is 3. The molecule has 0 spiro atoms. The fraction of sp³-hybridized carbons (Fsp3) is 0.111. The number of para-hydroxylation sites is 1. The molecular formula is C18H13FN4O2. The highest BCUT2D eigenvalue weighted by Crippen LogP contribution is 2.19. The topological polar surface area (TPSA) is 73.8 Å². The van der Waals surface area contributed by atoms with E-state index in [0.29, 0.717) is 22.0 Å². The highest BCUT2D eigenvalue weighted by atomic mass is 19.1. The van der Waals surface area contributed by atoms with Gasteiger partial charge < -0.3 is 4.52 Å². The molecule has 0 N–H and O–H groups in total. The number of halogens is 1. The third kappa shape index (κ3) is 2.80. The number of hydrogen-bond acceptors (Lipinski definition) is 5. The zero-order valence-electron chi connectivity index (χ0n) is 13.3. The van der Waals surface area contributed by atoms with Crippen LogP contribution < -0.4 is 5.56 Å². The Morgan fingerprint density at radius 1 is 1.20 bits per heavy atom. The van der Waals surface area contributed by atoms with Gasteiger partial charge in [0.15, 0.2) is 0 Å². The molecule has 0 bridgehead atoms. The van der Waals surface area contributed by atoms with E-state index in [0.717, 1.165) is 0 Å². The van der Waals surface area contributed by atoms with Crippen LogP contribution in [0.2, 0.25) is 0 Å². The van der Waals surface area contributed by atoms with Crippen molar-refractivity contribution in [1.29, 1.82) is 0 Å². The summed E-state index contributed by atoms with van der Waals surface area (Å²) in [6, 6.07) is 11.8. The summed E-state index contributed by atoms with van der Waals surface area (Å²) < 4.78 is 20.3. The standard InChI is InChI=1S/C18H13FN4O2/c1-11-6-7-12(8-14(11)19)17-21-16(25-22-17)9-23-10-20-15-5-3-2-4-13(15)18(23)24/h2-8,10H,9H2,1H3. The number of fused-ring (bicyclic) bond motifs is 1. The maximum atomic E-state index is 13.7. The third-order valence-corrected chi connectivity index (χ3v) is 3.94. The molecule has 0 fully saturated rings. The molecule has 4 rings (SSSR count). The third-order valence-electron chi connectivity index (χ3n) is 3.94. The molecule has 4 aromatic rings. The molecule has 0 radical (unpaired) electrons. The first-order valence-corrected chi connectivity index (χ1v) is 7.65. The summed E-state index contributed by atoms with van der Waals surface area (Å²) in [5.41, 5.74) is 1.50. The maximum absolute atomic E-state index is 13.7. The summed E-state index contributed by atoms with van der Waals surface area (Å²) in [7, 11) is 0. The van der Waals surface area contributed by atoms with Crippen LogP contribution in [0, 0.1) is 12.7 Å². The Morgan fingerprint density at radius 2 is 2.04 bits per heavy atom. The highest BCUT2D eigenvalue weighted by molar-refractivity contribution is 5.76. The van der Waals surface area contributed by atoms with E-state index in [1.807, 2.05) is 6.07 Å². The molecule has 0 aliphatic rings. The number of nitrogens with zero attached hydrogens (tertiary/aromatic N) is 4. The average molecular weight is 336 g/mol. The van der Waals surface area contributed by atoms with Gasteiger partial charge in [-0.25, -0.2) is 9.37 Å². The molecular weight excluding hydrogens is 323 g/mol. The van der Waals surface area contributed by atoms with Crippen LogP contribution in [-0.2, 0) is 6.54 Å². The van der Waals surface area contributed by atoms with Gasteiger partial charge in [-0.05, 0) is 30.7 Å². The smallest absolute Gasteiger partial charge is 0.261 e. The van der Waals surface area contributed by atoms with E-state index in [1.165, 1.54) is 17.0 Å². The van der Waals surface area contributed by atoms with Crippen LogP contribution in [0.5, 0.6) is 0 Å². The zero-order valence-corrected chi connectivity index (χ0v) is 13.3. The molecule has 25 heavy (non-hydrogen) atoms. The second kappa shape index (κ2) is 5.94. The van der Waals surface area contributed by atoms with Crippen LogP contribution in [0.3, 0.4) is 0 Å². The second-order valence-electron chi connectivity index (χ2n) is 5.67. The lowest BCUT2D eigenvalue weighted by atomic mass is 10.1. The van der Waals surface area contributed by atoms with Crippen molar-refractivity contribution in [3.63, 3.8) is 0 Å². The Morgan fingerprint density at radius 3 is 2.88 bits per heavy atom. The predicted octanol–water partition coefficient (Wildman–Crippen LogP) is 2.94. The Balaban J connectivity index is 1.66. The van der Waals surface area contributed by atoms with Crippen LogP contribution in [0.25, 0.3) is 22.3 Å². The molecule has 2 aromatic heterocycles. The first-order chi connectivity index (χ1) is 12.1. The highest BCUT2D eigenvalue weighted by Gasteiger charge is 2.12.